The van der Waals surface area contributed by atoms with Gasteiger partial charge < -0.3 is 5.73 Å². The van der Waals surface area contributed by atoms with Crippen LogP contribution in [0, 0.1) is 6.92 Å². The molecule has 0 amide bonds. The van der Waals surface area contributed by atoms with E-state index in [-0.39, 0.29) is 6.54 Å². The highest BCUT2D eigenvalue weighted by atomic mass is 32.2. The molecule has 0 bridgehead atoms. The lowest BCUT2D eigenvalue weighted by Gasteiger charge is -2.09. The summed E-state index contributed by atoms with van der Waals surface area (Å²) in [6, 6.07) is 7.12. The number of nitrogens with two attached hydrogens (primary N) is 1. The normalized spacial score (nSPS) is 20.0. The number of nitrogens with zero attached hydrogens (tertiary/aromatic N) is 2. The van der Waals surface area contributed by atoms with Gasteiger partial charge >= 0.3 is 0 Å². The van der Waals surface area contributed by atoms with Gasteiger partial charge in [0.25, 0.3) is 10.1 Å². The Kier molecular flexibility index (Phi) is 4.20. The summed E-state index contributed by atoms with van der Waals surface area (Å²) in [6.07, 6.45) is 0.380. The molecule has 108 valence electrons. The Morgan fingerprint density at radius 1 is 1.35 bits per heavy atom. The van der Waals surface area contributed by atoms with E-state index in [1.165, 1.54) is 0 Å². The zero-order valence-electron chi connectivity index (χ0n) is 11.2. The third-order valence-corrected chi connectivity index (χ3v) is 3.79. The van der Waals surface area contributed by atoms with Gasteiger partial charge in [0.1, 0.15) is 0 Å². The van der Waals surface area contributed by atoms with E-state index in [1.54, 1.807) is 0 Å². The molecular formula is C13H17N3O3S. The summed E-state index contributed by atoms with van der Waals surface area (Å²) in [5.74, 6) is -0.0266. The van der Waals surface area contributed by atoms with E-state index >= 15 is 0 Å². The molecule has 1 aromatic carbocycles. The van der Waals surface area contributed by atoms with Crippen LogP contribution < -0.4 is 5.73 Å². The van der Waals surface area contributed by atoms with Crippen LogP contribution in [0.15, 0.2) is 34.3 Å². The van der Waals surface area contributed by atoms with Gasteiger partial charge in [0, 0.05) is 12.1 Å². The van der Waals surface area contributed by atoms with Gasteiger partial charge in [0.2, 0.25) is 0 Å². The molecule has 0 radical (unpaired) electrons. The van der Waals surface area contributed by atoms with Gasteiger partial charge in [0.15, 0.2) is 0 Å². The average molecular weight is 295 g/mol. The van der Waals surface area contributed by atoms with Crippen molar-refractivity contribution in [2.24, 2.45) is 15.7 Å². The summed E-state index contributed by atoms with van der Waals surface area (Å²) in [7, 11) is -4.09. The molecule has 20 heavy (non-hydrogen) atoms. The molecule has 1 atom stereocenters. The van der Waals surface area contributed by atoms with Crippen molar-refractivity contribution in [2.75, 3.05) is 12.3 Å². The maximum Gasteiger partial charge on any atom is 0.267 e. The van der Waals surface area contributed by atoms with Gasteiger partial charge in [-0.25, -0.2) is 0 Å². The zero-order chi connectivity index (χ0) is 14.8. The van der Waals surface area contributed by atoms with E-state index in [0.717, 1.165) is 11.1 Å². The third-order valence-electron chi connectivity index (χ3n) is 2.98. The predicted molar refractivity (Wildman–Crippen MR) is 79.0 cm³/mol. The number of hydrogen-bond donors (Lipinski definition) is 2. The molecule has 2 rings (SSSR count). The summed E-state index contributed by atoms with van der Waals surface area (Å²) in [6.45, 7) is 2.15. The molecule has 0 spiro atoms. The quantitative estimate of drug-likeness (QED) is 0.805. The molecule has 6 nitrogen and oxygen atoms in total. The van der Waals surface area contributed by atoms with Crippen LogP contribution in [0.2, 0.25) is 0 Å². The van der Waals surface area contributed by atoms with Gasteiger partial charge in [0.05, 0.1) is 24.2 Å². The molecule has 3 N–H and O–H groups in total. The molecule has 1 heterocycles. The van der Waals surface area contributed by atoms with Crippen LogP contribution in [0.1, 0.15) is 17.5 Å². The van der Waals surface area contributed by atoms with E-state index in [2.05, 4.69) is 9.98 Å². The highest BCUT2D eigenvalue weighted by Gasteiger charge is 2.20. The van der Waals surface area contributed by atoms with Crippen LogP contribution in [-0.4, -0.2) is 42.9 Å². The topological polar surface area (TPSA) is 105 Å². The van der Waals surface area contributed by atoms with Crippen molar-refractivity contribution in [3.8, 4) is 0 Å². The van der Waals surface area contributed by atoms with Gasteiger partial charge in [-0.05, 0) is 12.5 Å². The van der Waals surface area contributed by atoms with Crippen LogP contribution in [0.4, 0.5) is 0 Å². The Morgan fingerprint density at radius 3 is 2.60 bits per heavy atom. The second-order valence-electron chi connectivity index (χ2n) is 4.85. The smallest absolute Gasteiger partial charge is 0.267 e. The monoisotopic (exact) mass is 295 g/mol. The molecule has 1 unspecified atom stereocenters. The van der Waals surface area contributed by atoms with Crippen molar-refractivity contribution in [3.63, 3.8) is 0 Å². The highest BCUT2D eigenvalue weighted by Crippen LogP contribution is 2.12. The fourth-order valence-electron chi connectivity index (χ4n) is 2.01. The van der Waals surface area contributed by atoms with Crippen LogP contribution in [0.25, 0.3) is 0 Å². The molecule has 1 aromatic rings. The maximum absolute atomic E-state index is 11.0. The van der Waals surface area contributed by atoms with E-state index in [9.17, 15) is 8.42 Å². The van der Waals surface area contributed by atoms with Crippen LogP contribution in [-0.2, 0) is 10.1 Å². The summed E-state index contributed by atoms with van der Waals surface area (Å²) < 4.78 is 30.9. The lowest BCUT2D eigenvalue weighted by molar-refractivity contribution is 0.477. The number of rotatable bonds is 3. The Morgan fingerprint density at radius 2 is 2.00 bits per heavy atom. The molecular weight excluding hydrogens is 278 g/mol. The minimum atomic E-state index is -4.09. The van der Waals surface area contributed by atoms with E-state index in [4.69, 9.17) is 10.3 Å². The minimum Gasteiger partial charge on any atom is -0.387 e. The largest absolute Gasteiger partial charge is 0.387 e. The molecule has 0 saturated heterocycles. The molecule has 0 aliphatic carbocycles. The van der Waals surface area contributed by atoms with Crippen LogP contribution in [0.3, 0.4) is 0 Å². The second-order valence-corrected chi connectivity index (χ2v) is 6.35. The highest BCUT2D eigenvalue weighted by molar-refractivity contribution is 7.85. The summed E-state index contributed by atoms with van der Waals surface area (Å²) >= 11 is 0. The molecule has 0 saturated carbocycles. The van der Waals surface area contributed by atoms with Gasteiger partial charge in [-0.1, -0.05) is 29.8 Å². The first-order chi connectivity index (χ1) is 9.33. The second kappa shape index (κ2) is 5.72. The number of aryl methyl sites for hydroxylation is 1. The molecule has 1 aliphatic rings. The number of aliphatic imine (C=N–C) groups is 2. The average Bonchev–Trinajstić information content (AvgIpc) is 2.51. The lowest BCUT2D eigenvalue weighted by atomic mass is 10.1. The lowest BCUT2D eigenvalue weighted by Crippen LogP contribution is -2.22. The van der Waals surface area contributed by atoms with Crippen LogP contribution in [0.5, 0.6) is 0 Å². The third kappa shape index (κ3) is 4.14. The van der Waals surface area contributed by atoms with Crippen molar-refractivity contribution in [1.82, 2.24) is 0 Å². The predicted octanol–water partition coefficient (Wildman–Crippen LogP) is 0.801. The zero-order valence-corrected chi connectivity index (χ0v) is 12.0. The summed E-state index contributed by atoms with van der Waals surface area (Å²) in [5, 5.41) is 0. The molecule has 0 aromatic heterocycles. The van der Waals surface area contributed by atoms with Crippen molar-refractivity contribution < 1.29 is 13.0 Å². The van der Waals surface area contributed by atoms with Crippen LogP contribution >= 0.6 is 0 Å². The Bertz CT molecular complexity index is 648. The summed E-state index contributed by atoms with van der Waals surface area (Å²) in [5.41, 5.74) is 8.48. The Hall–Kier alpha value is -1.73. The number of hydrogen-bond acceptors (Lipinski definition) is 5. The van der Waals surface area contributed by atoms with Crippen molar-refractivity contribution >= 4 is 21.7 Å². The molecule has 7 heteroatoms. The maximum atomic E-state index is 11.0. The van der Waals surface area contributed by atoms with Crippen molar-refractivity contribution in [3.05, 3.63) is 35.4 Å². The first-order valence-electron chi connectivity index (χ1n) is 6.21. The van der Waals surface area contributed by atoms with Gasteiger partial charge in [-0.3, -0.25) is 14.5 Å². The standard InChI is InChI=1S/C13H17N3O3S/c1-9-2-4-10(5-3-9)12-6-13(14)15-7-11(16-12)8-20(17,18)19/h2-5,11H,6-8H2,1H3,(H2,14,15)(H,17,18,19). The fraction of sp³-hybridized carbons (Fsp3) is 0.385. The Balaban J connectivity index is 2.33. The van der Waals surface area contributed by atoms with Gasteiger partial charge in [-0.15, -0.1) is 0 Å². The minimum absolute atomic E-state index is 0.168. The first kappa shape index (κ1) is 14.7. The van der Waals surface area contributed by atoms with Gasteiger partial charge in [-0.2, -0.15) is 8.42 Å². The van der Waals surface area contributed by atoms with Crippen molar-refractivity contribution in [2.45, 2.75) is 19.4 Å². The van der Waals surface area contributed by atoms with E-state index in [0.29, 0.717) is 18.0 Å². The number of amidine groups is 1. The summed E-state index contributed by atoms with van der Waals surface area (Å²) in [4.78, 5) is 8.48. The number of benzene rings is 1. The van der Waals surface area contributed by atoms with E-state index in [1.807, 2.05) is 31.2 Å². The first-order valence-corrected chi connectivity index (χ1v) is 7.82. The molecule has 1 aliphatic heterocycles. The van der Waals surface area contributed by atoms with Crippen molar-refractivity contribution in [1.29, 1.82) is 0 Å². The van der Waals surface area contributed by atoms with E-state index < -0.39 is 21.9 Å². The fourth-order valence-corrected chi connectivity index (χ4v) is 2.68. The Labute approximate surface area is 118 Å². The SMILES string of the molecule is Cc1ccc(C2=NC(CS(=O)(=O)O)CN=C(N)C2)cc1. The molecule has 0 fully saturated rings.